The van der Waals surface area contributed by atoms with E-state index in [4.69, 9.17) is 9.47 Å². The van der Waals surface area contributed by atoms with Gasteiger partial charge < -0.3 is 9.47 Å². The van der Waals surface area contributed by atoms with Crippen LogP contribution in [0.4, 0.5) is 0 Å². The van der Waals surface area contributed by atoms with Crippen molar-refractivity contribution in [2.45, 2.75) is 39.3 Å². The third-order valence-corrected chi connectivity index (χ3v) is 6.32. The standard InChI is InChI=1S/C23H29NO3/c1-15-8-22(9-16(15)2)27-21-7-6-18-10-17(4-5-19(18)11-21)12-24-13-20(14-24)23(25)26-3/h4-7,10-11,15-16,20,22H,8-9,12-14H2,1-3H3/t15-,16+,22?. The molecule has 2 aliphatic rings. The van der Waals surface area contributed by atoms with Crippen LogP contribution in [-0.2, 0) is 16.1 Å². The van der Waals surface area contributed by atoms with E-state index in [1.165, 1.54) is 23.4 Å². The Balaban J connectivity index is 1.38. The van der Waals surface area contributed by atoms with Crippen LogP contribution in [0.2, 0.25) is 0 Å². The van der Waals surface area contributed by atoms with Crippen LogP contribution in [0.3, 0.4) is 0 Å². The van der Waals surface area contributed by atoms with E-state index in [9.17, 15) is 4.79 Å². The minimum absolute atomic E-state index is 0.0381. The highest BCUT2D eigenvalue weighted by Gasteiger charge is 2.33. The number of rotatable bonds is 5. The Bertz CT molecular complexity index is 817. The Morgan fingerprint density at radius 1 is 1.04 bits per heavy atom. The molecule has 4 heteroatoms. The van der Waals surface area contributed by atoms with Crippen LogP contribution in [0.1, 0.15) is 32.3 Å². The van der Waals surface area contributed by atoms with Gasteiger partial charge in [-0.05, 0) is 59.2 Å². The molecule has 0 aromatic heterocycles. The van der Waals surface area contributed by atoms with Gasteiger partial charge in [-0.1, -0.05) is 32.0 Å². The molecule has 1 aliphatic carbocycles. The zero-order valence-corrected chi connectivity index (χ0v) is 16.5. The Labute approximate surface area is 161 Å². The van der Waals surface area contributed by atoms with Gasteiger partial charge >= 0.3 is 5.97 Å². The summed E-state index contributed by atoms with van der Waals surface area (Å²) in [5.74, 6) is 2.42. The van der Waals surface area contributed by atoms with Crippen LogP contribution >= 0.6 is 0 Å². The molecule has 1 saturated heterocycles. The fourth-order valence-electron chi connectivity index (χ4n) is 4.40. The lowest BCUT2D eigenvalue weighted by Crippen LogP contribution is -2.49. The minimum Gasteiger partial charge on any atom is -0.490 e. The van der Waals surface area contributed by atoms with Crippen LogP contribution in [0.15, 0.2) is 36.4 Å². The molecule has 4 rings (SSSR count). The highest BCUT2D eigenvalue weighted by atomic mass is 16.5. The van der Waals surface area contributed by atoms with Gasteiger partial charge in [-0.3, -0.25) is 9.69 Å². The van der Waals surface area contributed by atoms with Gasteiger partial charge in [0.2, 0.25) is 0 Å². The number of hydrogen-bond acceptors (Lipinski definition) is 4. The van der Waals surface area contributed by atoms with Crippen LogP contribution in [0.5, 0.6) is 5.75 Å². The number of fused-ring (bicyclic) bond motifs is 1. The zero-order chi connectivity index (χ0) is 19.0. The van der Waals surface area contributed by atoms with Crippen LogP contribution in [0, 0.1) is 17.8 Å². The van der Waals surface area contributed by atoms with Crippen molar-refractivity contribution in [3.63, 3.8) is 0 Å². The van der Waals surface area contributed by atoms with Crippen molar-refractivity contribution < 1.29 is 14.3 Å². The van der Waals surface area contributed by atoms with Crippen molar-refractivity contribution in [1.82, 2.24) is 4.90 Å². The maximum absolute atomic E-state index is 11.5. The molecular weight excluding hydrogens is 338 g/mol. The summed E-state index contributed by atoms with van der Waals surface area (Å²) < 4.78 is 11.0. The number of methoxy groups -OCH3 is 1. The van der Waals surface area contributed by atoms with E-state index in [0.29, 0.717) is 6.10 Å². The molecule has 1 aliphatic heterocycles. The lowest BCUT2D eigenvalue weighted by molar-refractivity contribution is -0.151. The summed E-state index contributed by atoms with van der Waals surface area (Å²) >= 11 is 0. The molecule has 27 heavy (non-hydrogen) atoms. The maximum Gasteiger partial charge on any atom is 0.311 e. The number of benzene rings is 2. The number of hydrogen-bond donors (Lipinski definition) is 0. The Morgan fingerprint density at radius 2 is 1.70 bits per heavy atom. The average Bonchev–Trinajstić information content (AvgIpc) is 2.94. The summed E-state index contributed by atoms with van der Waals surface area (Å²) in [6.45, 7) is 7.09. The van der Waals surface area contributed by atoms with Gasteiger partial charge in [0, 0.05) is 19.6 Å². The second-order valence-electron chi connectivity index (χ2n) is 8.42. The SMILES string of the molecule is COC(=O)C1CN(Cc2ccc3cc(OC4C[C@@H](C)[C@@H](C)C4)ccc3c2)C1. The van der Waals surface area contributed by atoms with Gasteiger partial charge in [0.15, 0.2) is 0 Å². The third kappa shape index (κ3) is 3.96. The lowest BCUT2D eigenvalue weighted by atomic mass is 9.99. The molecule has 1 unspecified atom stereocenters. The first-order valence-electron chi connectivity index (χ1n) is 10.0. The van der Waals surface area contributed by atoms with E-state index in [-0.39, 0.29) is 11.9 Å². The lowest BCUT2D eigenvalue weighted by Gasteiger charge is -2.37. The molecule has 4 nitrogen and oxygen atoms in total. The van der Waals surface area contributed by atoms with Gasteiger partial charge in [-0.2, -0.15) is 0 Å². The summed E-state index contributed by atoms with van der Waals surface area (Å²) in [7, 11) is 1.46. The first-order chi connectivity index (χ1) is 13.0. The predicted molar refractivity (Wildman–Crippen MR) is 107 cm³/mol. The molecule has 0 radical (unpaired) electrons. The van der Waals surface area contributed by atoms with Crippen molar-refractivity contribution in [3.8, 4) is 5.75 Å². The van der Waals surface area contributed by atoms with Crippen molar-refractivity contribution in [1.29, 1.82) is 0 Å². The van der Waals surface area contributed by atoms with E-state index in [1.54, 1.807) is 0 Å². The Morgan fingerprint density at radius 3 is 2.41 bits per heavy atom. The van der Waals surface area contributed by atoms with E-state index < -0.39 is 0 Å². The van der Waals surface area contributed by atoms with Crippen molar-refractivity contribution in [3.05, 3.63) is 42.0 Å². The fraction of sp³-hybridized carbons (Fsp3) is 0.522. The molecule has 0 N–H and O–H groups in total. The smallest absolute Gasteiger partial charge is 0.311 e. The molecule has 0 amide bonds. The van der Waals surface area contributed by atoms with Gasteiger partial charge in [0.25, 0.3) is 0 Å². The number of likely N-dealkylation sites (tertiary alicyclic amines) is 1. The van der Waals surface area contributed by atoms with Crippen molar-refractivity contribution in [2.75, 3.05) is 20.2 Å². The van der Waals surface area contributed by atoms with E-state index in [1.807, 2.05) is 0 Å². The van der Waals surface area contributed by atoms with Gasteiger partial charge in [-0.25, -0.2) is 0 Å². The second-order valence-corrected chi connectivity index (χ2v) is 8.42. The molecule has 1 heterocycles. The van der Waals surface area contributed by atoms with Crippen LogP contribution in [-0.4, -0.2) is 37.2 Å². The molecule has 2 aromatic carbocycles. The molecule has 2 fully saturated rings. The topological polar surface area (TPSA) is 38.8 Å². The maximum atomic E-state index is 11.5. The van der Waals surface area contributed by atoms with Crippen molar-refractivity contribution >= 4 is 16.7 Å². The van der Waals surface area contributed by atoms with E-state index in [0.717, 1.165) is 50.1 Å². The summed E-state index contributed by atoms with van der Waals surface area (Å²) in [5.41, 5.74) is 1.28. The summed E-state index contributed by atoms with van der Waals surface area (Å²) in [6, 6.07) is 13.0. The highest BCUT2D eigenvalue weighted by molar-refractivity contribution is 5.84. The number of carbonyl (C=O) groups excluding carboxylic acids is 1. The number of ether oxygens (including phenoxy) is 2. The van der Waals surface area contributed by atoms with Crippen LogP contribution in [0.25, 0.3) is 10.8 Å². The van der Waals surface area contributed by atoms with Gasteiger partial charge in [-0.15, -0.1) is 0 Å². The largest absolute Gasteiger partial charge is 0.490 e. The normalized spacial score (nSPS) is 26.1. The molecular formula is C23H29NO3. The molecule has 3 atom stereocenters. The van der Waals surface area contributed by atoms with Crippen molar-refractivity contribution in [2.24, 2.45) is 17.8 Å². The Hall–Kier alpha value is -2.07. The minimum atomic E-state index is -0.0941. The zero-order valence-electron chi connectivity index (χ0n) is 16.5. The monoisotopic (exact) mass is 367 g/mol. The molecule has 0 spiro atoms. The number of esters is 1. The third-order valence-electron chi connectivity index (χ3n) is 6.32. The number of carbonyl (C=O) groups is 1. The first kappa shape index (κ1) is 18.3. The second kappa shape index (κ2) is 7.51. The first-order valence-corrected chi connectivity index (χ1v) is 10.0. The molecule has 1 saturated carbocycles. The molecule has 0 bridgehead atoms. The summed E-state index contributed by atoms with van der Waals surface area (Å²) in [5, 5.41) is 2.45. The molecule has 144 valence electrons. The Kier molecular flexibility index (Phi) is 5.09. The van der Waals surface area contributed by atoms with E-state index >= 15 is 0 Å². The highest BCUT2D eigenvalue weighted by Crippen LogP contribution is 2.34. The van der Waals surface area contributed by atoms with E-state index in [2.05, 4.69) is 55.1 Å². The molecule has 2 aromatic rings. The number of nitrogens with zero attached hydrogens (tertiary/aromatic N) is 1. The fourth-order valence-corrected chi connectivity index (χ4v) is 4.40. The summed E-state index contributed by atoms with van der Waals surface area (Å²) in [4.78, 5) is 13.8. The quantitative estimate of drug-likeness (QED) is 0.740. The summed E-state index contributed by atoms with van der Waals surface area (Å²) in [6.07, 6.45) is 2.65. The van der Waals surface area contributed by atoms with Crippen LogP contribution < -0.4 is 4.74 Å². The predicted octanol–water partition coefficient (Wildman–Crippen LogP) is 4.26. The average molecular weight is 367 g/mol. The van der Waals surface area contributed by atoms with Gasteiger partial charge in [0.05, 0.1) is 19.1 Å². The van der Waals surface area contributed by atoms with Gasteiger partial charge in [0.1, 0.15) is 5.75 Å².